The topological polar surface area (TPSA) is 131 Å². The van der Waals surface area contributed by atoms with Gasteiger partial charge in [0.05, 0.1) is 10.7 Å². The van der Waals surface area contributed by atoms with Gasteiger partial charge in [-0.15, -0.1) is 0 Å². The van der Waals surface area contributed by atoms with E-state index in [1.807, 2.05) is 19.9 Å². The summed E-state index contributed by atoms with van der Waals surface area (Å²) in [5.74, 6) is -2.08. The van der Waals surface area contributed by atoms with Crippen molar-refractivity contribution in [2.45, 2.75) is 72.1 Å². The van der Waals surface area contributed by atoms with Crippen molar-refractivity contribution in [3.05, 3.63) is 63.7 Å². The van der Waals surface area contributed by atoms with Gasteiger partial charge >= 0.3 is 6.09 Å². The number of nitrogens with zero attached hydrogens (tertiary/aromatic N) is 1. The molecule has 2 aromatic rings. The molecule has 4 N–H and O–H groups in total. The van der Waals surface area contributed by atoms with Gasteiger partial charge in [-0.2, -0.15) is 0 Å². The number of carbonyl (C=O) groups is 4. The summed E-state index contributed by atoms with van der Waals surface area (Å²) >= 11 is 6.35. The summed E-state index contributed by atoms with van der Waals surface area (Å²) in [4.78, 5) is 52.7. The number of hydrogen-bond acceptors (Lipinski definition) is 5. The molecule has 10 heteroatoms. The zero-order chi connectivity index (χ0) is 29.5. The molecule has 0 aromatic heterocycles. The Balaban J connectivity index is 2.57. The largest absolute Gasteiger partial charge is 0.444 e. The van der Waals surface area contributed by atoms with E-state index in [-0.39, 0.29) is 12.8 Å². The van der Waals surface area contributed by atoms with E-state index >= 15 is 0 Å². The number of terminal acetylenes is 1. The standard InChI is InChI=1S/C29H35ClN4O5/c1-8-34(27(37)22(15-16-23(31)35)32-28(38)39-29(5,6)7)25(20-13-9-11-17(2)19(20)4)26(36)33-24-18(3)12-10-14-21(24)30/h1,9-14,22,25H,15-16H2,2-7H3,(H2,31,35)(H,32,38)(H,33,36). The number of primary amides is 1. The number of hydrogen-bond donors (Lipinski definition) is 3. The van der Waals surface area contributed by atoms with Crippen LogP contribution in [0.3, 0.4) is 0 Å². The third-order valence-electron chi connectivity index (χ3n) is 5.96. The zero-order valence-corrected chi connectivity index (χ0v) is 23.8. The third-order valence-corrected chi connectivity index (χ3v) is 6.28. The Hall–Kier alpha value is -4.03. The van der Waals surface area contributed by atoms with Gasteiger partial charge in [0.2, 0.25) is 5.91 Å². The van der Waals surface area contributed by atoms with Gasteiger partial charge in [0.25, 0.3) is 11.8 Å². The van der Waals surface area contributed by atoms with Gasteiger partial charge in [0.1, 0.15) is 17.7 Å². The van der Waals surface area contributed by atoms with Gasteiger partial charge in [-0.25, -0.2) is 4.79 Å². The number of nitrogens with one attached hydrogen (secondary N) is 2. The first-order valence-corrected chi connectivity index (χ1v) is 12.7. The molecule has 4 amide bonds. The van der Waals surface area contributed by atoms with Crippen LogP contribution in [0.5, 0.6) is 0 Å². The van der Waals surface area contributed by atoms with E-state index in [9.17, 15) is 19.2 Å². The maximum atomic E-state index is 13.8. The maximum absolute atomic E-state index is 13.8. The van der Waals surface area contributed by atoms with Crippen LogP contribution < -0.4 is 16.4 Å². The number of aryl methyl sites for hydroxylation is 2. The van der Waals surface area contributed by atoms with Crippen LogP contribution >= 0.6 is 11.6 Å². The highest BCUT2D eigenvalue weighted by Crippen LogP contribution is 2.31. The van der Waals surface area contributed by atoms with Crippen LogP contribution in [0.15, 0.2) is 36.4 Å². The number of amides is 4. The normalized spacial score (nSPS) is 12.5. The molecule has 0 heterocycles. The molecule has 2 unspecified atom stereocenters. The minimum absolute atomic E-state index is 0.156. The number of ether oxygens (including phenoxy) is 1. The van der Waals surface area contributed by atoms with Gasteiger partial charge in [-0.1, -0.05) is 48.4 Å². The van der Waals surface area contributed by atoms with Crippen molar-refractivity contribution in [2.24, 2.45) is 5.73 Å². The molecule has 0 bridgehead atoms. The van der Waals surface area contributed by atoms with Crippen molar-refractivity contribution >= 4 is 41.1 Å². The highest BCUT2D eigenvalue weighted by molar-refractivity contribution is 6.34. The lowest BCUT2D eigenvalue weighted by atomic mass is 9.95. The molecule has 0 aliphatic carbocycles. The van der Waals surface area contributed by atoms with Crippen LogP contribution in [-0.2, 0) is 19.1 Å². The summed E-state index contributed by atoms with van der Waals surface area (Å²) in [5.41, 5.74) is 7.65. The van der Waals surface area contributed by atoms with Crippen LogP contribution in [0.2, 0.25) is 5.02 Å². The number of nitrogens with two attached hydrogens (primary N) is 1. The molecule has 0 spiro atoms. The quantitative estimate of drug-likeness (QED) is 0.310. The second-order valence-electron chi connectivity index (χ2n) is 10.2. The lowest BCUT2D eigenvalue weighted by Gasteiger charge is -2.31. The van der Waals surface area contributed by atoms with Crippen LogP contribution in [0.1, 0.15) is 61.9 Å². The first-order chi connectivity index (χ1) is 18.2. The highest BCUT2D eigenvalue weighted by atomic mass is 35.5. The molecule has 0 fully saturated rings. The average molecular weight is 555 g/mol. The predicted molar refractivity (Wildman–Crippen MR) is 151 cm³/mol. The lowest BCUT2D eigenvalue weighted by molar-refractivity contribution is -0.137. The van der Waals surface area contributed by atoms with Crippen LogP contribution in [-0.4, -0.2) is 40.4 Å². The number of benzene rings is 2. The average Bonchev–Trinajstić information content (AvgIpc) is 2.83. The van der Waals surface area contributed by atoms with Crippen LogP contribution in [0.4, 0.5) is 10.5 Å². The Morgan fingerprint density at radius 3 is 2.26 bits per heavy atom. The van der Waals surface area contributed by atoms with Crippen molar-refractivity contribution in [3.63, 3.8) is 0 Å². The maximum Gasteiger partial charge on any atom is 0.408 e. The Kier molecular flexibility index (Phi) is 10.5. The molecule has 9 nitrogen and oxygen atoms in total. The van der Waals surface area contributed by atoms with Gasteiger partial charge < -0.3 is 21.1 Å². The Morgan fingerprint density at radius 1 is 1.08 bits per heavy atom. The van der Waals surface area contributed by atoms with Gasteiger partial charge in [-0.3, -0.25) is 19.3 Å². The summed E-state index contributed by atoms with van der Waals surface area (Å²) in [7, 11) is 0. The summed E-state index contributed by atoms with van der Waals surface area (Å²) in [6.45, 7) is 10.5. The van der Waals surface area contributed by atoms with E-state index in [4.69, 9.17) is 28.5 Å². The van der Waals surface area contributed by atoms with E-state index in [1.165, 1.54) is 0 Å². The van der Waals surface area contributed by atoms with E-state index in [0.717, 1.165) is 16.0 Å². The van der Waals surface area contributed by atoms with E-state index in [0.29, 0.717) is 21.8 Å². The number of alkyl carbamates (subject to hydrolysis) is 1. The molecule has 0 saturated carbocycles. The summed E-state index contributed by atoms with van der Waals surface area (Å²) < 4.78 is 5.29. The van der Waals surface area contributed by atoms with Gasteiger partial charge in [0, 0.05) is 12.5 Å². The SMILES string of the molecule is C#CN(C(=O)C(CCC(N)=O)NC(=O)OC(C)(C)C)C(C(=O)Nc1c(C)cccc1Cl)c1cccc(C)c1C. The molecule has 2 rings (SSSR count). The van der Waals surface area contributed by atoms with Crippen molar-refractivity contribution in [1.82, 2.24) is 10.2 Å². The number of rotatable bonds is 9. The second kappa shape index (κ2) is 13.2. The molecule has 2 atom stereocenters. The Bertz CT molecular complexity index is 1280. The Labute approximate surface area is 234 Å². The van der Waals surface area contributed by atoms with Crippen molar-refractivity contribution in [2.75, 3.05) is 5.32 Å². The molecular formula is C29H35ClN4O5. The molecule has 208 valence electrons. The minimum atomic E-state index is -1.30. The fourth-order valence-corrected chi connectivity index (χ4v) is 4.15. The lowest BCUT2D eigenvalue weighted by Crippen LogP contribution is -2.51. The first kappa shape index (κ1) is 31.2. The molecular weight excluding hydrogens is 520 g/mol. The van der Waals surface area contributed by atoms with Crippen molar-refractivity contribution in [3.8, 4) is 12.5 Å². The summed E-state index contributed by atoms with van der Waals surface area (Å²) in [6, 6.07) is 10.2. The molecule has 0 saturated heterocycles. The summed E-state index contributed by atoms with van der Waals surface area (Å²) in [5, 5.41) is 5.59. The molecule has 0 aliphatic heterocycles. The predicted octanol–water partition coefficient (Wildman–Crippen LogP) is 4.52. The Morgan fingerprint density at radius 2 is 1.69 bits per heavy atom. The van der Waals surface area contributed by atoms with Crippen LogP contribution in [0, 0.1) is 33.2 Å². The van der Waals surface area contributed by atoms with Crippen LogP contribution in [0.25, 0.3) is 0 Å². The number of para-hydroxylation sites is 1. The zero-order valence-electron chi connectivity index (χ0n) is 23.1. The fourth-order valence-electron chi connectivity index (χ4n) is 3.88. The van der Waals surface area contributed by atoms with Crippen molar-refractivity contribution < 1.29 is 23.9 Å². The minimum Gasteiger partial charge on any atom is -0.444 e. The molecule has 2 aromatic carbocycles. The van der Waals surface area contributed by atoms with Crippen molar-refractivity contribution in [1.29, 1.82) is 0 Å². The van der Waals surface area contributed by atoms with E-state index in [1.54, 1.807) is 58.0 Å². The van der Waals surface area contributed by atoms with E-state index in [2.05, 4.69) is 16.7 Å². The fraction of sp³-hybridized carbons (Fsp3) is 0.379. The second-order valence-corrected chi connectivity index (χ2v) is 10.6. The van der Waals surface area contributed by atoms with E-state index < -0.39 is 41.5 Å². The smallest absolute Gasteiger partial charge is 0.408 e. The molecule has 0 radical (unpaired) electrons. The number of halogens is 1. The van der Waals surface area contributed by atoms with Gasteiger partial charge in [0.15, 0.2) is 0 Å². The number of anilines is 1. The molecule has 0 aliphatic rings. The third kappa shape index (κ3) is 8.48. The monoisotopic (exact) mass is 554 g/mol. The highest BCUT2D eigenvalue weighted by Gasteiger charge is 2.37. The molecule has 39 heavy (non-hydrogen) atoms. The first-order valence-electron chi connectivity index (χ1n) is 12.4. The summed E-state index contributed by atoms with van der Waals surface area (Å²) in [6.07, 6.45) is 4.57. The van der Waals surface area contributed by atoms with Gasteiger partial charge in [-0.05, 0) is 76.3 Å². The number of carbonyl (C=O) groups excluding carboxylic acids is 4.